The van der Waals surface area contributed by atoms with E-state index in [0.717, 1.165) is 6.42 Å². The zero-order chi connectivity index (χ0) is 12.3. The molecule has 16 heavy (non-hydrogen) atoms. The number of carbonyl (C=O) groups excluding carboxylic acids is 1. The van der Waals surface area contributed by atoms with E-state index in [-0.39, 0.29) is 11.4 Å². The Bertz CT molecular complexity index is 402. The fourth-order valence-corrected chi connectivity index (χ4v) is 1.32. The highest BCUT2D eigenvalue weighted by molar-refractivity contribution is 6.33. The number of hydrogen-bond donors (Lipinski definition) is 2. The number of benzene rings is 1. The molecular weight excluding hydrogens is 224 g/mol. The van der Waals surface area contributed by atoms with Crippen LogP contribution in [0.15, 0.2) is 18.2 Å². The Balaban J connectivity index is 2.85. The van der Waals surface area contributed by atoms with E-state index in [9.17, 15) is 4.79 Å². The molecule has 88 valence electrons. The summed E-state index contributed by atoms with van der Waals surface area (Å²) in [6.45, 7) is 5.98. The van der Waals surface area contributed by atoms with Crippen molar-refractivity contribution in [1.29, 1.82) is 0 Å². The first kappa shape index (κ1) is 12.8. The molecule has 0 aliphatic heterocycles. The van der Waals surface area contributed by atoms with Crippen LogP contribution in [-0.2, 0) is 0 Å². The monoisotopic (exact) mass is 240 g/mol. The minimum absolute atomic E-state index is 0.131. The molecule has 4 heteroatoms. The standard InChI is InChI=1S/C12H17ClN2O/c1-4-12(2,3)15-11(16)8-5-6-10(14)9(13)7-8/h5-7H,4,14H2,1-3H3,(H,15,16). The minimum atomic E-state index is -0.217. The van der Waals surface area contributed by atoms with Gasteiger partial charge in [-0.15, -0.1) is 0 Å². The fraction of sp³-hybridized carbons (Fsp3) is 0.417. The number of nitrogens with one attached hydrogen (secondary N) is 1. The third-order valence-electron chi connectivity index (χ3n) is 2.60. The second-order valence-corrected chi connectivity index (χ2v) is 4.84. The van der Waals surface area contributed by atoms with E-state index in [1.54, 1.807) is 18.2 Å². The third kappa shape index (κ3) is 3.14. The van der Waals surface area contributed by atoms with Gasteiger partial charge in [0.25, 0.3) is 5.91 Å². The molecule has 0 atom stereocenters. The van der Waals surface area contributed by atoms with E-state index in [0.29, 0.717) is 16.3 Å². The van der Waals surface area contributed by atoms with Crippen molar-refractivity contribution in [2.75, 3.05) is 5.73 Å². The average molecular weight is 241 g/mol. The molecule has 1 aromatic rings. The lowest BCUT2D eigenvalue weighted by Crippen LogP contribution is -2.42. The average Bonchev–Trinajstić information content (AvgIpc) is 2.21. The number of anilines is 1. The normalized spacial score (nSPS) is 11.2. The highest BCUT2D eigenvalue weighted by Gasteiger charge is 2.18. The van der Waals surface area contributed by atoms with Gasteiger partial charge in [-0.25, -0.2) is 0 Å². The van der Waals surface area contributed by atoms with Crippen LogP contribution in [0.25, 0.3) is 0 Å². The Kier molecular flexibility index (Phi) is 3.81. The van der Waals surface area contributed by atoms with Gasteiger partial charge >= 0.3 is 0 Å². The Morgan fingerprint density at radius 2 is 2.12 bits per heavy atom. The molecule has 0 aliphatic rings. The van der Waals surface area contributed by atoms with Crippen molar-refractivity contribution in [3.63, 3.8) is 0 Å². The van der Waals surface area contributed by atoms with Crippen LogP contribution in [0.2, 0.25) is 5.02 Å². The number of nitrogens with two attached hydrogens (primary N) is 1. The van der Waals surface area contributed by atoms with Crippen LogP contribution in [0.4, 0.5) is 5.69 Å². The van der Waals surface area contributed by atoms with Gasteiger partial charge in [0, 0.05) is 11.1 Å². The van der Waals surface area contributed by atoms with Crippen LogP contribution < -0.4 is 11.1 Å². The summed E-state index contributed by atoms with van der Waals surface area (Å²) in [5.74, 6) is -0.131. The van der Waals surface area contributed by atoms with Crippen LogP contribution in [0, 0.1) is 0 Å². The second kappa shape index (κ2) is 4.74. The lowest BCUT2D eigenvalue weighted by molar-refractivity contribution is 0.0911. The van der Waals surface area contributed by atoms with Crippen molar-refractivity contribution in [1.82, 2.24) is 5.32 Å². The van der Waals surface area contributed by atoms with E-state index in [1.165, 1.54) is 0 Å². The van der Waals surface area contributed by atoms with E-state index in [2.05, 4.69) is 5.32 Å². The van der Waals surface area contributed by atoms with Crippen molar-refractivity contribution in [3.05, 3.63) is 28.8 Å². The molecule has 1 amide bonds. The van der Waals surface area contributed by atoms with Gasteiger partial charge < -0.3 is 11.1 Å². The first-order valence-electron chi connectivity index (χ1n) is 5.23. The predicted molar refractivity (Wildman–Crippen MR) is 67.7 cm³/mol. The number of hydrogen-bond acceptors (Lipinski definition) is 2. The molecule has 0 saturated carbocycles. The summed E-state index contributed by atoms with van der Waals surface area (Å²) in [4.78, 5) is 11.9. The summed E-state index contributed by atoms with van der Waals surface area (Å²) < 4.78 is 0. The fourth-order valence-electron chi connectivity index (χ4n) is 1.14. The molecule has 0 saturated heterocycles. The summed E-state index contributed by atoms with van der Waals surface area (Å²) in [5, 5.41) is 3.34. The quantitative estimate of drug-likeness (QED) is 0.799. The highest BCUT2D eigenvalue weighted by atomic mass is 35.5. The van der Waals surface area contributed by atoms with Crippen molar-refractivity contribution in [3.8, 4) is 0 Å². The van der Waals surface area contributed by atoms with Gasteiger partial charge in [-0.1, -0.05) is 18.5 Å². The van der Waals surface area contributed by atoms with E-state index in [1.807, 2.05) is 20.8 Å². The number of nitrogen functional groups attached to an aromatic ring is 1. The van der Waals surface area contributed by atoms with E-state index < -0.39 is 0 Å². The molecule has 3 nitrogen and oxygen atoms in total. The number of rotatable bonds is 3. The molecule has 0 aliphatic carbocycles. The maximum Gasteiger partial charge on any atom is 0.251 e. The van der Waals surface area contributed by atoms with Gasteiger partial charge in [0.1, 0.15) is 0 Å². The molecule has 0 bridgehead atoms. The molecule has 3 N–H and O–H groups in total. The largest absolute Gasteiger partial charge is 0.398 e. The molecule has 1 rings (SSSR count). The highest BCUT2D eigenvalue weighted by Crippen LogP contribution is 2.20. The van der Waals surface area contributed by atoms with Gasteiger partial charge in [0.2, 0.25) is 0 Å². The van der Waals surface area contributed by atoms with Gasteiger partial charge in [0.15, 0.2) is 0 Å². The SMILES string of the molecule is CCC(C)(C)NC(=O)c1ccc(N)c(Cl)c1. The maximum absolute atomic E-state index is 11.9. The number of carbonyl (C=O) groups is 1. The summed E-state index contributed by atoms with van der Waals surface area (Å²) >= 11 is 5.86. The van der Waals surface area contributed by atoms with E-state index in [4.69, 9.17) is 17.3 Å². The Morgan fingerprint density at radius 1 is 1.50 bits per heavy atom. The summed E-state index contributed by atoms with van der Waals surface area (Å²) in [6, 6.07) is 4.89. The Hall–Kier alpha value is -1.22. The Labute approximate surface area is 101 Å². The van der Waals surface area contributed by atoms with Crippen LogP contribution in [0.5, 0.6) is 0 Å². The number of halogens is 1. The molecule has 0 heterocycles. The molecule has 0 unspecified atom stereocenters. The maximum atomic E-state index is 11.9. The van der Waals surface area contributed by atoms with Crippen molar-refractivity contribution >= 4 is 23.2 Å². The Morgan fingerprint density at radius 3 is 2.62 bits per heavy atom. The summed E-state index contributed by atoms with van der Waals surface area (Å²) in [7, 11) is 0. The minimum Gasteiger partial charge on any atom is -0.398 e. The zero-order valence-electron chi connectivity index (χ0n) is 9.80. The topological polar surface area (TPSA) is 55.1 Å². The first-order chi connectivity index (χ1) is 7.35. The van der Waals surface area contributed by atoms with Gasteiger partial charge in [-0.2, -0.15) is 0 Å². The molecule has 0 fully saturated rings. The van der Waals surface area contributed by atoms with Crippen LogP contribution in [-0.4, -0.2) is 11.4 Å². The van der Waals surface area contributed by atoms with Crippen LogP contribution in [0.3, 0.4) is 0 Å². The molecule has 0 radical (unpaired) electrons. The van der Waals surface area contributed by atoms with Crippen molar-refractivity contribution in [2.45, 2.75) is 32.7 Å². The van der Waals surface area contributed by atoms with Gasteiger partial charge in [0.05, 0.1) is 10.7 Å². The van der Waals surface area contributed by atoms with Crippen LogP contribution >= 0.6 is 11.6 Å². The van der Waals surface area contributed by atoms with Crippen LogP contribution in [0.1, 0.15) is 37.6 Å². The molecule has 0 spiro atoms. The molecule has 1 aromatic carbocycles. The summed E-state index contributed by atoms with van der Waals surface area (Å²) in [5.41, 5.74) is 6.37. The lowest BCUT2D eigenvalue weighted by Gasteiger charge is -2.24. The lowest BCUT2D eigenvalue weighted by atomic mass is 10.0. The van der Waals surface area contributed by atoms with Crippen molar-refractivity contribution < 1.29 is 4.79 Å². The third-order valence-corrected chi connectivity index (χ3v) is 2.93. The number of amides is 1. The van der Waals surface area contributed by atoms with Crippen molar-refractivity contribution in [2.24, 2.45) is 0 Å². The second-order valence-electron chi connectivity index (χ2n) is 4.43. The predicted octanol–water partition coefficient (Wildman–Crippen LogP) is 2.84. The van der Waals surface area contributed by atoms with Gasteiger partial charge in [-0.3, -0.25) is 4.79 Å². The smallest absolute Gasteiger partial charge is 0.251 e. The molecule has 0 aromatic heterocycles. The zero-order valence-corrected chi connectivity index (χ0v) is 10.6. The molecular formula is C12H17ClN2O. The first-order valence-corrected chi connectivity index (χ1v) is 5.61. The van der Waals surface area contributed by atoms with Gasteiger partial charge in [-0.05, 0) is 38.5 Å². The van der Waals surface area contributed by atoms with E-state index >= 15 is 0 Å². The summed E-state index contributed by atoms with van der Waals surface area (Å²) in [6.07, 6.45) is 0.863.